The zero-order chi connectivity index (χ0) is 20.5. The van der Waals surface area contributed by atoms with Gasteiger partial charge in [-0.3, -0.25) is 14.0 Å². The van der Waals surface area contributed by atoms with Crippen molar-refractivity contribution in [1.29, 1.82) is 0 Å². The van der Waals surface area contributed by atoms with E-state index in [0.717, 1.165) is 0 Å². The summed E-state index contributed by atoms with van der Waals surface area (Å²) < 4.78 is 34.7. The van der Waals surface area contributed by atoms with Crippen LogP contribution in [0.25, 0.3) is 11.0 Å². The monoisotopic (exact) mass is 457 g/mol. The van der Waals surface area contributed by atoms with Crippen LogP contribution in [-0.2, 0) is 23.2 Å². The normalized spacial score (nSPS) is 22.5. The molecule has 28 heavy (non-hydrogen) atoms. The summed E-state index contributed by atoms with van der Waals surface area (Å²) in [6.07, 6.45) is 1.41. The van der Waals surface area contributed by atoms with Gasteiger partial charge in [-0.15, -0.1) is 0 Å². The third-order valence-electron chi connectivity index (χ3n) is 3.81. The molecule has 0 aromatic carbocycles. The van der Waals surface area contributed by atoms with Gasteiger partial charge < -0.3 is 23.9 Å². The van der Waals surface area contributed by atoms with Gasteiger partial charge in [-0.25, -0.2) is 10.2 Å². The van der Waals surface area contributed by atoms with Crippen LogP contribution < -0.4 is 5.48 Å². The van der Waals surface area contributed by atoms with Gasteiger partial charge in [-0.05, 0) is 24.4 Å². The van der Waals surface area contributed by atoms with Crippen molar-refractivity contribution in [2.45, 2.75) is 25.2 Å². The SMILES string of the molecule is CONc1nc(Cl)nc2c1cnn2[C@H]1CC[C@@H](COP(=O)(O)CP(=O)(O)O)O1. The minimum atomic E-state index is -4.68. The Morgan fingerprint density at radius 2 is 2.11 bits per heavy atom. The fraction of sp³-hybridized carbons (Fsp3) is 0.583. The molecule has 16 heteroatoms. The number of hydrogen-bond donors (Lipinski definition) is 4. The molecule has 3 rings (SSSR count). The molecule has 0 spiro atoms. The zero-order valence-corrected chi connectivity index (χ0v) is 17.0. The molecule has 0 aliphatic carbocycles. The maximum absolute atomic E-state index is 11.7. The highest BCUT2D eigenvalue weighted by atomic mass is 35.5. The van der Waals surface area contributed by atoms with Crippen molar-refractivity contribution in [2.24, 2.45) is 0 Å². The number of ether oxygens (including phenoxy) is 1. The summed E-state index contributed by atoms with van der Waals surface area (Å²) in [6.45, 7) is -0.296. The molecular weight excluding hydrogens is 440 g/mol. The summed E-state index contributed by atoms with van der Waals surface area (Å²) in [5.41, 5.74) is 2.99. The first-order valence-corrected chi connectivity index (χ1v) is 11.9. The summed E-state index contributed by atoms with van der Waals surface area (Å²) >= 11 is 5.93. The summed E-state index contributed by atoms with van der Waals surface area (Å²) in [5, 5.41) is 4.77. The lowest BCUT2D eigenvalue weighted by molar-refractivity contribution is -0.0230. The molecule has 156 valence electrons. The first kappa shape index (κ1) is 21.6. The maximum Gasteiger partial charge on any atom is 0.340 e. The van der Waals surface area contributed by atoms with Crippen LogP contribution in [0.2, 0.25) is 5.28 Å². The standard InChI is InChI=1S/C12H18ClN5O8P2/c1-24-17-10-8-4-14-18(11(8)16-12(13)15-10)9-3-2-7(26-9)5-25-28(22,23)6-27(19,20)21/h4,7,9H,2-3,5-6H2,1H3,(H,22,23)(H,15,16,17)(H2,19,20,21)/t7-,9+/m0/s1. The van der Waals surface area contributed by atoms with Gasteiger partial charge in [0.25, 0.3) is 0 Å². The van der Waals surface area contributed by atoms with E-state index in [4.69, 9.17) is 35.5 Å². The highest BCUT2D eigenvalue weighted by Gasteiger charge is 2.34. The lowest BCUT2D eigenvalue weighted by atomic mass is 10.2. The van der Waals surface area contributed by atoms with Crippen molar-refractivity contribution in [2.75, 3.05) is 25.1 Å². The molecule has 3 atom stereocenters. The van der Waals surface area contributed by atoms with E-state index in [1.54, 1.807) is 0 Å². The molecule has 0 amide bonds. The topological polar surface area (TPSA) is 178 Å². The van der Waals surface area contributed by atoms with E-state index in [1.165, 1.54) is 18.0 Å². The average molecular weight is 458 g/mol. The maximum atomic E-state index is 11.7. The van der Waals surface area contributed by atoms with Crippen molar-refractivity contribution >= 4 is 43.6 Å². The molecule has 13 nitrogen and oxygen atoms in total. The van der Waals surface area contributed by atoms with E-state index in [0.29, 0.717) is 29.7 Å². The van der Waals surface area contributed by atoms with E-state index in [9.17, 15) is 14.0 Å². The predicted octanol–water partition coefficient (Wildman–Crippen LogP) is 1.47. The highest BCUT2D eigenvalue weighted by molar-refractivity contribution is 7.70. The van der Waals surface area contributed by atoms with E-state index in [1.807, 2.05) is 0 Å². The first-order valence-electron chi connectivity index (χ1n) is 7.94. The Morgan fingerprint density at radius 3 is 2.79 bits per heavy atom. The lowest BCUT2D eigenvalue weighted by Crippen LogP contribution is -2.17. The van der Waals surface area contributed by atoms with Gasteiger partial charge in [0.1, 0.15) is 0 Å². The van der Waals surface area contributed by atoms with E-state index in [2.05, 4.69) is 20.5 Å². The van der Waals surface area contributed by atoms with Crippen LogP contribution in [0.15, 0.2) is 6.20 Å². The predicted molar refractivity (Wildman–Crippen MR) is 96.8 cm³/mol. The van der Waals surface area contributed by atoms with E-state index >= 15 is 0 Å². The molecule has 0 radical (unpaired) electrons. The van der Waals surface area contributed by atoms with Gasteiger partial charge in [0.05, 0.1) is 31.4 Å². The van der Waals surface area contributed by atoms with Crippen molar-refractivity contribution in [1.82, 2.24) is 19.7 Å². The Hall–Kier alpha value is -1.14. The molecule has 1 unspecified atom stereocenters. The Bertz CT molecular complexity index is 951. The lowest BCUT2D eigenvalue weighted by Gasteiger charge is -2.17. The minimum Gasteiger partial charge on any atom is -0.351 e. The van der Waals surface area contributed by atoms with Crippen LogP contribution in [-0.4, -0.2) is 60.2 Å². The second-order valence-electron chi connectivity index (χ2n) is 6.00. The van der Waals surface area contributed by atoms with Gasteiger partial charge in [-0.2, -0.15) is 15.1 Å². The van der Waals surface area contributed by atoms with Crippen molar-refractivity contribution in [3.05, 3.63) is 11.5 Å². The van der Waals surface area contributed by atoms with Gasteiger partial charge in [0, 0.05) is 0 Å². The molecular formula is C12H18ClN5O8P2. The van der Waals surface area contributed by atoms with E-state index < -0.39 is 33.4 Å². The minimum absolute atomic E-state index is 0.0228. The second-order valence-corrected chi connectivity index (χ2v) is 10.3. The van der Waals surface area contributed by atoms with Crippen LogP contribution in [0, 0.1) is 0 Å². The van der Waals surface area contributed by atoms with Gasteiger partial charge in [-0.1, -0.05) is 0 Å². The van der Waals surface area contributed by atoms with Crippen LogP contribution >= 0.6 is 26.8 Å². The number of anilines is 1. The molecule has 2 aromatic heterocycles. The zero-order valence-electron chi connectivity index (χ0n) is 14.5. The highest BCUT2D eigenvalue weighted by Crippen LogP contribution is 2.55. The average Bonchev–Trinajstić information content (AvgIpc) is 3.17. The van der Waals surface area contributed by atoms with Crippen molar-refractivity contribution in [3.63, 3.8) is 0 Å². The number of nitrogens with one attached hydrogen (secondary N) is 1. The van der Waals surface area contributed by atoms with Crippen LogP contribution in [0.1, 0.15) is 19.1 Å². The summed E-state index contributed by atoms with van der Waals surface area (Å²) in [4.78, 5) is 40.2. The van der Waals surface area contributed by atoms with Crippen molar-refractivity contribution < 1.29 is 37.9 Å². The fourth-order valence-electron chi connectivity index (χ4n) is 2.75. The number of hydrogen-bond acceptors (Lipinski definition) is 9. The number of rotatable bonds is 8. The molecule has 1 fully saturated rings. The quantitative estimate of drug-likeness (QED) is 0.255. The van der Waals surface area contributed by atoms with Crippen LogP contribution in [0.4, 0.5) is 5.82 Å². The Balaban J connectivity index is 1.69. The third-order valence-corrected chi connectivity index (χ3v) is 7.43. The number of aromatic nitrogens is 4. The number of halogens is 1. The van der Waals surface area contributed by atoms with Gasteiger partial charge in [0.15, 0.2) is 23.6 Å². The largest absolute Gasteiger partial charge is 0.351 e. The molecule has 1 saturated heterocycles. The molecule has 3 heterocycles. The summed E-state index contributed by atoms with van der Waals surface area (Å²) in [7, 11) is -7.69. The molecule has 2 aromatic rings. The summed E-state index contributed by atoms with van der Waals surface area (Å²) in [6, 6.07) is 0. The second kappa shape index (κ2) is 8.31. The molecule has 4 N–H and O–H groups in total. The smallest absolute Gasteiger partial charge is 0.340 e. The third kappa shape index (κ3) is 5.26. The van der Waals surface area contributed by atoms with Crippen LogP contribution in [0.3, 0.4) is 0 Å². The number of fused-ring (bicyclic) bond motifs is 1. The Kier molecular flexibility index (Phi) is 6.40. The molecule has 1 aliphatic heterocycles. The van der Waals surface area contributed by atoms with E-state index in [-0.39, 0.29) is 11.9 Å². The fourth-order valence-corrected chi connectivity index (χ4v) is 5.50. The van der Waals surface area contributed by atoms with Gasteiger partial charge >= 0.3 is 15.2 Å². The van der Waals surface area contributed by atoms with Crippen molar-refractivity contribution in [3.8, 4) is 0 Å². The Morgan fingerprint density at radius 1 is 1.36 bits per heavy atom. The number of nitrogens with zero attached hydrogens (tertiary/aromatic N) is 4. The summed E-state index contributed by atoms with van der Waals surface area (Å²) in [5.74, 6) is -0.912. The molecule has 0 saturated carbocycles. The molecule has 1 aliphatic rings. The van der Waals surface area contributed by atoms with Crippen LogP contribution in [0.5, 0.6) is 0 Å². The first-order chi connectivity index (χ1) is 13.1. The van der Waals surface area contributed by atoms with Gasteiger partial charge in [0.2, 0.25) is 5.28 Å². The Labute approximate surface area is 163 Å². The molecule has 0 bridgehead atoms.